The van der Waals surface area contributed by atoms with Gasteiger partial charge in [0.05, 0.1) is 12.8 Å². The highest BCUT2D eigenvalue weighted by atomic mass is 35.5. The first-order chi connectivity index (χ1) is 14.9. The Bertz CT molecular complexity index is 1070. The minimum Gasteiger partial charge on any atom is -0.495 e. The molecule has 3 aromatic carbocycles. The summed E-state index contributed by atoms with van der Waals surface area (Å²) in [5.41, 5.74) is 2.99. The maximum Gasteiger partial charge on any atom is 0.242 e. The Morgan fingerprint density at radius 1 is 1.00 bits per heavy atom. The summed E-state index contributed by atoms with van der Waals surface area (Å²) in [5, 5.41) is 5.81. The lowest BCUT2D eigenvalue weighted by atomic mass is 10.1. The summed E-state index contributed by atoms with van der Waals surface area (Å²) in [7, 11) is 1.54. The number of aryl methyl sites for hydroxylation is 1. The topological polar surface area (TPSA) is 67.4 Å². The molecule has 0 spiro atoms. The predicted octanol–water partition coefficient (Wildman–Crippen LogP) is 6.09. The van der Waals surface area contributed by atoms with Crippen molar-refractivity contribution in [2.45, 2.75) is 24.0 Å². The quantitative estimate of drug-likeness (QED) is 0.424. The SMILES string of the molecule is COc1cc(Cl)c(C)cc1NC(=O)C(Sc1ccc(NC(C)=O)cc1)c1ccccc1. The molecule has 0 aliphatic carbocycles. The zero-order chi connectivity index (χ0) is 22.4. The molecule has 0 heterocycles. The van der Waals surface area contributed by atoms with Crippen molar-refractivity contribution in [3.8, 4) is 5.75 Å². The van der Waals surface area contributed by atoms with Crippen molar-refractivity contribution in [3.63, 3.8) is 0 Å². The number of benzene rings is 3. The van der Waals surface area contributed by atoms with Crippen LogP contribution in [0.2, 0.25) is 5.02 Å². The Labute approximate surface area is 191 Å². The number of halogens is 1. The first-order valence-electron chi connectivity index (χ1n) is 9.61. The minimum absolute atomic E-state index is 0.130. The van der Waals surface area contributed by atoms with E-state index < -0.39 is 5.25 Å². The van der Waals surface area contributed by atoms with Crippen LogP contribution in [0.15, 0.2) is 71.6 Å². The van der Waals surface area contributed by atoms with E-state index in [-0.39, 0.29) is 11.8 Å². The summed E-state index contributed by atoms with van der Waals surface area (Å²) in [6.45, 7) is 3.34. The van der Waals surface area contributed by atoms with Gasteiger partial charge in [-0.05, 0) is 48.4 Å². The number of ether oxygens (including phenoxy) is 1. The molecule has 5 nitrogen and oxygen atoms in total. The van der Waals surface area contributed by atoms with Gasteiger partial charge in [-0.25, -0.2) is 0 Å². The standard InChI is InChI=1S/C24H23ClN2O3S/c1-15-13-21(22(30-3)14-20(15)25)27-24(29)23(17-7-5-4-6-8-17)31-19-11-9-18(10-12-19)26-16(2)28/h4-14,23H,1-3H3,(H,26,28)(H,27,29). The highest BCUT2D eigenvalue weighted by molar-refractivity contribution is 8.00. The Balaban J connectivity index is 1.87. The predicted molar refractivity (Wildman–Crippen MR) is 127 cm³/mol. The fourth-order valence-corrected chi connectivity index (χ4v) is 4.16. The third-order valence-electron chi connectivity index (χ3n) is 4.51. The highest BCUT2D eigenvalue weighted by Crippen LogP contribution is 2.38. The number of thioether (sulfide) groups is 1. The summed E-state index contributed by atoms with van der Waals surface area (Å²) in [4.78, 5) is 25.5. The molecule has 0 bridgehead atoms. The van der Waals surface area contributed by atoms with E-state index in [0.717, 1.165) is 16.0 Å². The van der Waals surface area contributed by atoms with Gasteiger partial charge in [0.1, 0.15) is 11.0 Å². The first kappa shape index (κ1) is 22.7. The third kappa shape index (κ3) is 6.03. The molecule has 7 heteroatoms. The largest absolute Gasteiger partial charge is 0.495 e. The van der Waals surface area contributed by atoms with Gasteiger partial charge in [0.2, 0.25) is 11.8 Å². The summed E-state index contributed by atoms with van der Waals surface area (Å²) >= 11 is 7.61. The van der Waals surface area contributed by atoms with Crippen molar-refractivity contribution < 1.29 is 14.3 Å². The summed E-state index contributed by atoms with van der Waals surface area (Å²) in [6, 6.07) is 20.5. The van der Waals surface area contributed by atoms with Gasteiger partial charge in [0.15, 0.2) is 0 Å². The molecule has 1 unspecified atom stereocenters. The molecule has 0 radical (unpaired) electrons. The maximum atomic E-state index is 13.3. The van der Waals surface area contributed by atoms with Crippen LogP contribution in [0.25, 0.3) is 0 Å². The van der Waals surface area contributed by atoms with Gasteiger partial charge < -0.3 is 15.4 Å². The molecule has 3 aromatic rings. The van der Waals surface area contributed by atoms with Crippen LogP contribution in [0, 0.1) is 6.92 Å². The monoisotopic (exact) mass is 454 g/mol. The Hall–Kier alpha value is -2.96. The number of methoxy groups -OCH3 is 1. The second-order valence-electron chi connectivity index (χ2n) is 6.91. The smallest absolute Gasteiger partial charge is 0.242 e. The van der Waals surface area contributed by atoms with Crippen molar-refractivity contribution >= 4 is 46.6 Å². The first-order valence-corrected chi connectivity index (χ1v) is 10.9. The molecule has 1 atom stereocenters. The number of carbonyl (C=O) groups excluding carboxylic acids is 2. The second kappa shape index (κ2) is 10.4. The van der Waals surface area contributed by atoms with Crippen LogP contribution in [0.3, 0.4) is 0 Å². The lowest BCUT2D eigenvalue weighted by Gasteiger charge is -2.19. The number of hydrogen-bond donors (Lipinski definition) is 2. The number of nitrogens with one attached hydrogen (secondary N) is 2. The average Bonchev–Trinajstić information content (AvgIpc) is 2.75. The van der Waals surface area contributed by atoms with Crippen LogP contribution < -0.4 is 15.4 Å². The van der Waals surface area contributed by atoms with E-state index in [0.29, 0.717) is 22.1 Å². The average molecular weight is 455 g/mol. The van der Waals surface area contributed by atoms with E-state index in [4.69, 9.17) is 16.3 Å². The second-order valence-corrected chi connectivity index (χ2v) is 8.49. The van der Waals surface area contributed by atoms with E-state index in [1.807, 2.05) is 61.5 Å². The molecule has 2 amide bonds. The zero-order valence-electron chi connectivity index (χ0n) is 17.4. The molecule has 0 aliphatic heterocycles. The van der Waals surface area contributed by atoms with Crippen LogP contribution in [-0.4, -0.2) is 18.9 Å². The maximum absolute atomic E-state index is 13.3. The van der Waals surface area contributed by atoms with Crippen molar-refractivity contribution in [2.24, 2.45) is 0 Å². The fourth-order valence-electron chi connectivity index (χ4n) is 2.99. The number of carbonyl (C=O) groups is 2. The lowest BCUT2D eigenvalue weighted by molar-refractivity contribution is -0.116. The fraction of sp³-hybridized carbons (Fsp3) is 0.167. The summed E-state index contributed by atoms with van der Waals surface area (Å²) in [6.07, 6.45) is 0. The van der Waals surface area contributed by atoms with E-state index in [1.54, 1.807) is 12.1 Å². The van der Waals surface area contributed by atoms with Crippen LogP contribution in [0.1, 0.15) is 23.3 Å². The van der Waals surface area contributed by atoms with E-state index in [9.17, 15) is 9.59 Å². The van der Waals surface area contributed by atoms with E-state index in [2.05, 4.69) is 10.6 Å². The van der Waals surface area contributed by atoms with E-state index in [1.165, 1.54) is 25.8 Å². The molecule has 0 saturated carbocycles. The molecule has 31 heavy (non-hydrogen) atoms. The highest BCUT2D eigenvalue weighted by Gasteiger charge is 2.23. The molecular weight excluding hydrogens is 432 g/mol. The summed E-state index contributed by atoms with van der Waals surface area (Å²) in [5.74, 6) is 0.191. The zero-order valence-corrected chi connectivity index (χ0v) is 19.0. The Kier molecular flexibility index (Phi) is 7.60. The summed E-state index contributed by atoms with van der Waals surface area (Å²) < 4.78 is 5.39. The van der Waals surface area contributed by atoms with Crippen LogP contribution in [0.5, 0.6) is 5.75 Å². The lowest BCUT2D eigenvalue weighted by Crippen LogP contribution is -2.19. The van der Waals surface area contributed by atoms with Gasteiger partial charge in [-0.2, -0.15) is 0 Å². The Morgan fingerprint density at radius 3 is 2.29 bits per heavy atom. The molecule has 160 valence electrons. The number of hydrogen-bond acceptors (Lipinski definition) is 4. The number of rotatable bonds is 7. The van der Waals surface area contributed by atoms with Crippen molar-refractivity contribution in [1.82, 2.24) is 0 Å². The van der Waals surface area contributed by atoms with Gasteiger partial charge in [-0.1, -0.05) is 41.9 Å². The molecule has 3 rings (SSSR count). The van der Waals surface area contributed by atoms with Gasteiger partial charge in [0, 0.05) is 28.6 Å². The van der Waals surface area contributed by atoms with Crippen molar-refractivity contribution in [2.75, 3.05) is 17.7 Å². The Morgan fingerprint density at radius 2 is 1.68 bits per heavy atom. The van der Waals surface area contributed by atoms with Gasteiger partial charge in [0.25, 0.3) is 0 Å². The number of amides is 2. The van der Waals surface area contributed by atoms with Gasteiger partial charge in [-0.3, -0.25) is 9.59 Å². The third-order valence-corrected chi connectivity index (χ3v) is 6.18. The normalized spacial score (nSPS) is 11.5. The van der Waals surface area contributed by atoms with Crippen molar-refractivity contribution in [1.29, 1.82) is 0 Å². The van der Waals surface area contributed by atoms with Crippen molar-refractivity contribution in [3.05, 3.63) is 82.9 Å². The molecule has 0 saturated heterocycles. The van der Waals surface area contributed by atoms with Crippen LogP contribution in [0.4, 0.5) is 11.4 Å². The van der Waals surface area contributed by atoms with Crippen LogP contribution in [-0.2, 0) is 9.59 Å². The van der Waals surface area contributed by atoms with Gasteiger partial charge in [-0.15, -0.1) is 11.8 Å². The molecule has 0 aliphatic rings. The molecular formula is C24H23ClN2O3S. The minimum atomic E-state index is -0.492. The molecule has 0 aromatic heterocycles. The number of anilines is 2. The van der Waals surface area contributed by atoms with E-state index >= 15 is 0 Å². The molecule has 2 N–H and O–H groups in total. The van der Waals surface area contributed by atoms with Crippen LogP contribution >= 0.6 is 23.4 Å². The molecule has 0 fully saturated rings. The van der Waals surface area contributed by atoms with Gasteiger partial charge >= 0.3 is 0 Å².